The summed E-state index contributed by atoms with van der Waals surface area (Å²) in [7, 11) is 0. The fraction of sp³-hybridized carbons (Fsp3) is 0.667. The van der Waals surface area contributed by atoms with Crippen molar-refractivity contribution in [3.05, 3.63) is 12.2 Å². The van der Waals surface area contributed by atoms with Crippen molar-refractivity contribution in [3.8, 4) is 0 Å². The molecular weight excluding hydrogens is 170 g/mol. The molecular formula is C9H15NO3. The van der Waals surface area contributed by atoms with Crippen LogP contribution in [-0.4, -0.2) is 36.9 Å². The molecule has 0 amide bonds. The summed E-state index contributed by atoms with van der Waals surface area (Å²) in [6.07, 6.45) is 1.90. The number of carboxylic acids is 1. The maximum absolute atomic E-state index is 10.4. The number of nitrogens with one attached hydrogen (secondary N) is 1. The fourth-order valence-electron chi connectivity index (χ4n) is 1.24. The Labute approximate surface area is 77.6 Å². The van der Waals surface area contributed by atoms with Crippen LogP contribution in [0.4, 0.5) is 0 Å². The zero-order chi connectivity index (χ0) is 9.68. The minimum absolute atomic E-state index is 0.214. The highest BCUT2D eigenvalue weighted by molar-refractivity contribution is 5.86. The zero-order valence-corrected chi connectivity index (χ0v) is 7.58. The lowest BCUT2D eigenvalue weighted by atomic mass is 10.1. The lowest BCUT2D eigenvalue weighted by molar-refractivity contribution is -0.132. The lowest BCUT2D eigenvalue weighted by Crippen LogP contribution is -2.36. The molecule has 0 bridgehead atoms. The van der Waals surface area contributed by atoms with Gasteiger partial charge in [-0.1, -0.05) is 6.58 Å². The molecule has 0 unspecified atom stereocenters. The number of rotatable bonds is 4. The van der Waals surface area contributed by atoms with Gasteiger partial charge in [0.15, 0.2) is 0 Å². The standard InChI is InChI=1S/C9H15NO3/c1-7(9(11)12)6-10-8-2-4-13-5-3-8/h8,10H,1-6H2,(H,11,12). The van der Waals surface area contributed by atoms with E-state index in [2.05, 4.69) is 11.9 Å². The van der Waals surface area contributed by atoms with Crippen LogP contribution in [0.3, 0.4) is 0 Å². The molecule has 4 heteroatoms. The molecule has 4 nitrogen and oxygen atoms in total. The van der Waals surface area contributed by atoms with Crippen LogP contribution >= 0.6 is 0 Å². The van der Waals surface area contributed by atoms with Crippen molar-refractivity contribution in [2.75, 3.05) is 19.8 Å². The van der Waals surface area contributed by atoms with E-state index in [0.717, 1.165) is 26.1 Å². The van der Waals surface area contributed by atoms with E-state index >= 15 is 0 Å². The Bertz CT molecular complexity index is 197. The number of carboxylic acid groups (broad SMARTS) is 1. The molecule has 0 aromatic rings. The molecule has 2 N–H and O–H groups in total. The van der Waals surface area contributed by atoms with Gasteiger partial charge in [-0.3, -0.25) is 0 Å². The largest absolute Gasteiger partial charge is 0.478 e. The number of carbonyl (C=O) groups is 1. The summed E-state index contributed by atoms with van der Waals surface area (Å²) < 4.78 is 5.18. The van der Waals surface area contributed by atoms with Crippen molar-refractivity contribution < 1.29 is 14.6 Å². The van der Waals surface area contributed by atoms with Gasteiger partial charge in [-0.05, 0) is 12.8 Å². The van der Waals surface area contributed by atoms with Crippen molar-refractivity contribution in [2.24, 2.45) is 0 Å². The summed E-state index contributed by atoms with van der Waals surface area (Å²) >= 11 is 0. The van der Waals surface area contributed by atoms with Crippen molar-refractivity contribution in [2.45, 2.75) is 18.9 Å². The van der Waals surface area contributed by atoms with Crippen molar-refractivity contribution >= 4 is 5.97 Å². The van der Waals surface area contributed by atoms with E-state index in [-0.39, 0.29) is 5.57 Å². The Morgan fingerprint density at radius 2 is 2.15 bits per heavy atom. The van der Waals surface area contributed by atoms with Crippen LogP contribution in [-0.2, 0) is 9.53 Å². The van der Waals surface area contributed by atoms with Gasteiger partial charge < -0.3 is 15.2 Å². The van der Waals surface area contributed by atoms with Gasteiger partial charge in [0.25, 0.3) is 0 Å². The molecule has 1 heterocycles. The topological polar surface area (TPSA) is 58.6 Å². The number of hydrogen-bond acceptors (Lipinski definition) is 3. The predicted molar refractivity (Wildman–Crippen MR) is 48.6 cm³/mol. The van der Waals surface area contributed by atoms with E-state index in [1.165, 1.54) is 0 Å². The second-order valence-electron chi connectivity index (χ2n) is 3.18. The Morgan fingerprint density at radius 1 is 1.54 bits per heavy atom. The fourth-order valence-corrected chi connectivity index (χ4v) is 1.24. The average Bonchev–Trinajstić information content (AvgIpc) is 2.15. The highest BCUT2D eigenvalue weighted by Crippen LogP contribution is 2.06. The van der Waals surface area contributed by atoms with Gasteiger partial charge in [-0.25, -0.2) is 4.79 Å². The van der Waals surface area contributed by atoms with Gasteiger partial charge >= 0.3 is 5.97 Å². The molecule has 0 aromatic carbocycles. The van der Waals surface area contributed by atoms with Crippen LogP contribution in [0.15, 0.2) is 12.2 Å². The van der Waals surface area contributed by atoms with Gasteiger partial charge in [-0.15, -0.1) is 0 Å². The first-order valence-corrected chi connectivity index (χ1v) is 4.42. The summed E-state index contributed by atoms with van der Waals surface area (Å²) in [5.74, 6) is -0.931. The summed E-state index contributed by atoms with van der Waals surface area (Å²) in [4.78, 5) is 10.4. The molecule has 0 spiro atoms. The predicted octanol–water partition coefficient (Wildman–Crippen LogP) is 0.396. The van der Waals surface area contributed by atoms with E-state index in [0.29, 0.717) is 12.6 Å². The van der Waals surface area contributed by atoms with Crippen LogP contribution in [0, 0.1) is 0 Å². The molecule has 1 rings (SSSR count). The molecule has 1 saturated heterocycles. The third-order valence-electron chi connectivity index (χ3n) is 2.13. The molecule has 0 aliphatic carbocycles. The Morgan fingerprint density at radius 3 is 2.69 bits per heavy atom. The van der Waals surface area contributed by atoms with Gasteiger partial charge in [0, 0.05) is 31.4 Å². The van der Waals surface area contributed by atoms with Gasteiger partial charge in [0.05, 0.1) is 0 Å². The molecule has 0 atom stereocenters. The molecule has 1 aliphatic heterocycles. The van der Waals surface area contributed by atoms with Gasteiger partial charge in [0.2, 0.25) is 0 Å². The van der Waals surface area contributed by atoms with Crippen LogP contribution in [0.5, 0.6) is 0 Å². The van der Waals surface area contributed by atoms with Crippen LogP contribution in [0.1, 0.15) is 12.8 Å². The van der Waals surface area contributed by atoms with E-state index in [1.807, 2.05) is 0 Å². The molecule has 0 radical (unpaired) electrons. The second kappa shape index (κ2) is 4.99. The van der Waals surface area contributed by atoms with E-state index in [4.69, 9.17) is 9.84 Å². The molecule has 1 fully saturated rings. The first-order chi connectivity index (χ1) is 6.20. The highest BCUT2D eigenvalue weighted by Gasteiger charge is 2.13. The highest BCUT2D eigenvalue weighted by atomic mass is 16.5. The molecule has 0 saturated carbocycles. The third kappa shape index (κ3) is 3.57. The summed E-state index contributed by atoms with van der Waals surface area (Å²) in [5, 5.41) is 11.7. The van der Waals surface area contributed by atoms with E-state index in [9.17, 15) is 4.79 Å². The van der Waals surface area contributed by atoms with Gasteiger partial charge in [0.1, 0.15) is 0 Å². The number of hydrogen-bond donors (Lipinski definition) is 2. The lowest BCUT2D eigenvalue weighted by Gasteiger charge is -2.23. The molecule has 0 aromatic heterocycles. The minimum Gasteiger partial charge on any atom is -0.478 e. The Hall–Kier alpha value is -0.870. The maximum Gasteiger partial charge on any atom is 0.332 e. The molecule has 13 heavy (non-hydrogen) atoms. The molecule has 1 aliphatic rings. The normalized spacial score (nSPS) is 18.5. The van der Waals surface area contributed by atoms with Crippen molar-refractivity contribution in [1.29, 1.82) is 0 Å². The summed E-state index contributed by atoms with van der Waals surface area (Å²) in [5.41, 5.74) is 0.214. The SMILES string of the molecule is C=C(CNC1CCOCC1)C(=O)O. The van der Waals surface area contributed by atoms with Crippen molar-refractivity contribution in [3.63, 3.8) is 0 Å². The monoisotopic (exact) mass is 185 g/mol. The first-order valence-electron chi connectivity index (χ1n) is 4.42. The quantitative estimate of drug-likeness (QED) is 0.622. The zero-order valence-electron chi connectivity index (χ0n) is 7.58. The van der Waals surface area contributed by atoms with E-state index in [1.54, 1.807) is 0 Å². The van der Waals surface area contributed by atoms with Crippen LogP contribution in [0.25, 0.3) is 0 Å². The first kappa shape index (κ1) is 10.2. The number of ether oxygens (including phenoxy) is 1. The van der Waals surface area contributed by atoms with Crippen LogP contribution in [0.2, 0.25) is 0 Å². The Kier molecular flexibility index (Phi) is 3.92. The average molecular weight is 185 g/mol. The summed E-state index contributed by atoms with van der Waals surface area (Å²) in [6, 6.07) is 0.379. The Balaban J connectivity index is 2.17. The minimum atomic E-state index is -0.931. The van der Waals surface area contributed by atoms with Crippen LogP contribution < -0.4 is 5.32 Å². The molecule has 74 valence electrons. The van der Waals surface area contributed by atoms with Gasteiger partial charge in [-0.2, -0.15) is 0 Å². The summed E-state index contributed by atoms with van der Waals surface area (Å²) in [6.45, 7) is 5.33. The van der Waals surface area contributed by atoms with Crippen molar-refractivity contribution in [1.82, 2.24) is 5.32 Å². The van der Waals surface area contributed by atoms with E-state index < -0.39 is 5.97 Å². The smallest absolute Gasteiger partial charge is 0.332 e. The number of aliphatic carboxylic acids is 1. The maximum atomic E-state index is 10.4. The second-order valence-corrected chi connectivity index (χ2v) is 3.18. The third-order valence-corrected chi connectivity index (χ3v) is 2.13.